The van der Waals surface area contributed by atoms with E-state index in [1.165, 1.54) is 0 Å². The maximum atomic E-state index is 12.1. The van der Waals surface area contributed by atoms with E-state index in [1.54, 1.807) is 30.3 Å². The van der Waals surface area contributed by atoms with Crippen molar-refractivity contribution in [3.63, 3.8) is 0 Å². The highest BCUT2D eigenvalue weighted by Crippen LogP contribution is 2.24. The first-order valence-corrected chi connectivity index (χ1v) is 7.01. The summed E-state index contributed by atoms with van der Waals surface area (Å²) in [4.78, 5) is 12.1. The highest BCUT2D eigenvalue weighted by molar-refractivity contribution is 5.78. The predicted octanol–water partition coefficient (Wildman–Crippen LogP) is 0.197. The predicted molar refractivity (Wildman–Crippen MR) is 73.5 cm³/mol. The van der Waals surface area contributed by atoms with Crippen LogP contribution in [0.25, 0.3) is 0 Å². The van der Waals surface area contributed by atoms with Crippen LogP contribution >= 0.6 is 0 Å². The molecule has 1 aliphatic carbocycles. The molecule has 0 aliphatic heterocycles. The summed E-state index contributed by atoms with van der Waals surface area (Å²) in [6.45, 7) is 0. The molecule has 2 atom stereocenters. The minimum Gasteiger partial charge on any atom is -0.485 e. The van der Waals surface area contributed by atoms with Gasteiger partial charge in [-0.05, 0) is 19.3 Å². The van der Waals surface area contributed by atoms with E-state index < -0.39 is 0 Å². The van der Waals surface area contributed by atoms with Gasteiger partial charge in [-0.25, -0.2) is 0 Å². The first kappa shape index (κ1) is 13.6. The minimum absolute atomic E-state index is 0.00351. The van der Waals surface area contributed by atoms with Gasteiger partial charge in [-0.2, -0.15) is 5.10 Å². The maximum Gasteiger partial charge on any atom is 0.226 e. The van der Waals surface area contributed by atoms with Crippen LogP contribution in [0.1, 0.15) is 25.0 Å². The molecule has 2 N–H and O–H groups in total. The largest absolute Gasteiger partial charge is 0.485 e. The normalized spacial score (nSPS) is 21.4. The Morgan fingerprint density at radius 1 is 1.52 bits per heavy atom. The van der Waals surface area contributed by atoms with Gasteiger partial charge in [0.1, 0.15) is 6.10 Å². The molecule has 0 spiro atoms. The molecule has 1 fully saturated rings. The molecule has 0 unspecified atom stereocenters. The molecule has 1 aliphatic rings. The average molecular weight is 290 g/mol. The Bertz CT molecular complexity index is 594. The van der Waals surface area contributed by atoms with Crippen molar-refractivity contribution in [2.24, 2.45) is 7.05 Å². The van der Waals surface area contributed by atoms with Gasteiger partial charge in [0, 0.05) is 7.05 Å². The number of H-pyrrole nitrogens is 1. The Hall–Kier alpha value is -2.38. The fraction of sp³-hybridized carbons (Fsp3) is 0.538. The second-order valence-corrected chi connectivity index (χ2v) is 5.22. The molecule has 112 valence electrons. The Balaban J connectivity index is 1.56. The standard InChI is InChI=1S/C13H18N6O2/c1-19-9(6-16-18-19)5-13(20)17-11-3-2-4-12(11)21-10-7-14-15-8-10/h6-8,11-12H,2-5H2,1H3,(H,14,15)(H,17,20)/t11-,12+/m0/s1. The quantitative estimate of drug-likeness (QED) is 0.819. The summed E-state index contributed by atoms with van der Waals surface area (Å²) in [7, 11) is 1.77. The number of aryl methyl sites for hydroxylation is 1. The zero-order valence-electron chi connectivity index (χ0n) is 11.8. The van der Waals surface area contributed by atoms with Crippen LogP contribution < -0.4 is 10.1 Å². The van der Waals surface area contributed by atoms with Crippen molar-refractivity contribution in [2.45, 2.75) is 37.8 Å². The van der Waals surface area contributed by atoms with Gasteiger partial charge in [-0.15, -0.1) is 5.10 Å². The zero-order chi connectivity index (χ0) is 14.7. The van der Waals surface area contributed by atoms with Gasteiger partial charge in [0.2, 0.25) is 5.91 Å². The Morgan fingerprint density at radius 2 is 2.43 bits per heavy atom. The van der Waals surface area contributed by atoms with E-state index in [4.69, 9.17) is 4.74 Å². The van der Waals surface area contributed by atoms with Crippen molar-refractivity contribution in [2.75, 3.05) is 0 Å². The van der Waals surface area contributed by atoms with Crippen molar-refractivity contribution >= 4 is 5.91 Å². The highest BCUT2D eigenvalue weighted by Gasteiger charge is 2.30. The van der Waals surface area contributed by atoms with Crippen molar-refractivity contribution in [3.05, 3.63) is 24.3 Å². The van der Waals surface area contributed by atoms with Gasteiger partial charge in [0.25, 0.3) is 0 Å². The molecule has 2 aromatic heterocycles. The molecule has 21 heavy (non-hydrogen) atoms. The molecule has 8 heteroatoms. The summed E-state index contributed by atoms with van der Waals surface area (Å²) in [5, 5.41) is 17.2. The SMILES string of the molecule is Cn1nncc1CC(=O)N[C@H]1CCC[C@H]1Oc1cn[nH]c1. The summed E-state index contributed by atoms with van der Waals surface area (Å²) in [6.07, 6.45) is 8.13. The molecular weight excluding hydrogens is 272 g/mol. The molecule has 8 nitrogen and oxygen atoms in total. The fourth-order valence-electron chi connectivity index (χ4n) is 2.60. The van der Waals surface area contributed by atoms with Crippen LogP contribution in [0.3, 0.4) is 0 Å². The van der Waals surface area contributed by atoms with Gasteiger partial charge >= 0.3 is 0 Å². The number of carbonyl (C=O) groups is 1. The molecule has 2 aromatic rings. The molecule has 3 rings (SSSR count). The first-order valence-electron chi connectivity index (χ1n) is 7.01. The smallest absolute Gasteiger partial charge is 0.226 e. The molecule has 1 amide bonds. The molecule has 0 radical (unpaired) electrons. The Kier molecular flexibility index (Phi) is 3.85. The van der Waals surface area contributed by atoms with E-state index in [0.29, 0.717) is 5.75 Å². The monoisotopic (exact) mass is 290 g/mol. The van der Waals surface area contributed by atoms with Crippen LogP contribution in [0.4, 0.5) is 0 Å². The molecule has 0 saturated heterocycles. The van der Waals surface area contributed by atoms with Crippen LogP contribution in [0, 0.1) is 0 Å². The molecular formula is C13H18N6O2. The molecule has 0 bridgehead atoms. The van der Waals surface area contributed by atoms with E-state index in [2.05, 4.69) is 25.8 Å². The fourth-order valence-corrected chi connectivity index (χ4v) is 2.60. The summed E-state index contributed by atoms with van der Waals surface area (Å²) < 4.78 is 7.45. The number of aromatic nitrogens is 5. The number of hydrogen-bond donors (Lipinski definition) is 2. The number of amides is 1. The number of carbonyl (C=O) groups excluding carboxylic acids is 1. The third kappa shape index (κ3) is 3.21. The number of aromatic amines is 1. The average Bonchev–Trinajstić information content (AvgIpc) is 3.17. The van der Waals surface area contributed by atoms with Crippen LogP contribution in [0.5, 0.6) is 5.75 Å². The Labute approximate surface area is 121 Å². The summed E-state index contributed by atoms with van der Waals surface area (Å²) in [5.41, 5.74) is 0.790. The van der Waals surface area contributed by atoms with E-state index in [-0.39, 0.29) is 24.5 Å². The van der Waals surface area contributed by atoms with E-state index in [0.717, 1.165) is 25.0 Å². The number of ether oxygens (including phenoxy) is 1. The lowest BCUT2D eigenvalue weighted by atomic mass is 10.2. The van der Waals surface area contributed by atoms with Crippen LogP contribution in [0.2, 0.25) is 0 Å². The van der Waals surface area contributed by atoms with Crippen molar-refractivity contribution < 1.29 is 9.53 Å². The highest BCUT2D eigenvalue weighted by atomic mass is 16.5. The van der Waals surface area contributed by atoms with Gasteiger partial charge in [0.15, 0.2) is 5.75 Å². The van der Waals surface area contributed by atoms with E-state index in [1.807, 2.05) is 0 Å². The zero-order valence-corrected chi connectivity index (χ0v) is 11.8. The first-order chi connectivity index (χ1) is 10.2. The second-order valence-electron chi connectivity index (χ2n) is 5.22. The van der Waals surface area contributed by atoms with Gasteiger partial charge in [-0.1, -0.05) is 5.21 Å². The molecule has 1 saturated carbocycles. The third-order valence-corrected chi connectivity index (χ3v) is 3.71. The second kappa shape index (κ2) is 5.94. The third-order valence-electron chi connectivity index (χ3n) is 3.71. The summed E-state index contributed by atoms with van der Waals surface area (Å²) >= 11 is 0. The maximum absolute atomic E-state index is 12.1. The van der Waals surface area contributed by atoms with Crippen LogP contribution in [0.15, 0.2) is 18.6 Å². The van der Waals surface area contributed by atoms with Crippen molar-refractivity contribution in [1.82, 2.24) is 30.5 Å². The van der Waals surface area contributed by atoms with Gasteiger partial charge in [-0.3, -0.25) is 14.6 Å². The Morgan fingerprint density at radius 3 is 3.14 bits per heavy atom. The lowest BCUT2D eigenvalue weighted by Crippen LogP contribution is -2.43. The number of nitrogens with one attached hydrogen (secondary N) is 2. The van der Waals surface area contributed by atoms with E-state index >= 15 is 0 Å². The molecule has 2 heterocycles. The van der Waals surface area contributed by atoms with Crippen molar-refractivity contribution in [1.29, 1.82) is 0 Å². The summed E-state index contributed by atoms with van der Waals surface area (Å²) in [6, 6.07) is 0.0357. The lowest BCUT2D eigenvalue weighted by Gasteiger charge is -2.21. The topological polar surface area (TPSA) is 97.7 Å². The minimum atomic E-state index is -0.0342. The molecule has 0 aromatic carbocycles. The lowest BCUT2D eigenvalue weighted by molar-refractivity contribution is -0.121. The van der Waals surface area contributed by atoms with Gasteiger partial charge < -0.3 is 10.1 Å². The number of nitrogens with zero attached hydrogens (tertiary/aromatic N) is 4. The van der Waals surface area contributed by atoms with Crippen molar-refractivity contribution in [3.8, 4) is 5.75 Å². The van der Waals surface area contributed by atoms with Crippen LogP contribution in [-0.2, 0) is 18.3 Å². The van der Waals surface area contributed by atoms with Gasteiger partial charge in [0.05, 0.1) is 36.7 Å². The number of hydrogen-bond acceptors (Lipinski definition) is 5. The summed E-state index contributed by atoms with van der Waals surface area (Å²) in [5.74, 6) is 0.671. The number of rotatable bonds is 5. The van der Waals surface area contributed by atoms with E-state index in [9.17, 15) is 4.79 Å². The van der Waals surface area contributed by atoms with Crippen LogP contribution in [-0.4, -0.2) is 43.2 Å².